The van der Waals surface area contributed by atoms with E-state index in [1.165, 1.54) is 0 Å². The fraction of sp³-hybridized carbons (Fsp3) is 0.125. The molecule has 100 valence electrons. The van der Waals surface area contributed by atoms with Gasteiger partial charge in [-0.25, -0.2) is 0 Å². The van der Waals surface area contributed by atoms with E-state index in [0.717, 1.165) is 16.9 Å². The summed E-state index contributed by atoms with van der Waals surface area (Å²) in [7, 11) is 1.60. The Bertz CT molecular complexity index is 819. The van der Waals surface area contributed by atoms with E-state index >= 15 is 0 Å². The number of ether oxygens (including phenoxy) is 1. The largest absolute Gasteiger partial charge is 0.497 e. The molecule has 3 aromatic rings. The highest BCUT2D eigenvalue weighted by molar-refractivity contribution is 5.80. The second-order valence-corrected chi connectivity index (χ2v) is 4.50. The van der Waals surface area contributed by atoms with Gasteiger partial charge in [-0.2, -0.15) is 4.98 Å². The predicted octanol–water partition coefficient (Wildman–Crippen LogP) is 3.17. The van der Waals surface area contributed by atoms with E-state index in [9.17, 15) is 4.79 Å². The van der Waals surface area contributed by atoms with Crippen molar-refractivity contribution < 1.29 is 9.15 Å². The second kappa shape index (κ2) is 4.81. The minimum absolute atomic E-state index is 0.268. The van der Waals surface area contributed by atoms with Crippen molar-refractivity contribution in [2.45, 2.75) is 6.92 Å². The van der Waals surface area contributed by atoms with E-state index in [1.807, 2.05) is 31.2 Å². The molecular weight excluding hydrogens is 254 g/mol. The monoisotopic (exact) mass is 267 g/mol. The molecule has 0 unspecified atom stereocenters. The predicted molar refractivity (Wildman–Crippen MR) is 77.0 cm³/mol. The maximum Gasteiger partial charge on any atom is 0.284 e. The molecule has 0 radical (unpaired) electrons. The molecule has 0 aliphatic carbocycles. The second-order valence-electron chi connectivity index (χ2n) is 4.50. The lowest BCUT2D eigenvalue weighted by atomic mass is 10.1. The molecule has 0 aliphatic heterocycles. The van der Waals surface area contributed by atoms with E-state index in [1.54, 1.807) is 25.3 Å². The molecule has 4 nitrogen and oxygen atoms in total. The van der Waals surface area contributed by atoms with Gasteiger partial charge in [0.25, 0.3) is 5.56 Å². The number of aryl methyl sites for hydroxylation is 1. The lowest BCUT2D eigenvalue weighted by Crippen LogP contribution is -2.08. The molecule has 1 aromatic heterocycles. The Morgan fingerprint density at radius 1 is 1.10 bits per heavy atom. The molecule has 0 N–H and O–H groups in total. The van der Waals surface area contributed by atoms with E-state index in [-0.39, 0.29) is 5.56 Å². The van der Waals surface area contributed by atoms with E-state index in [2.05, 4.69) is 4.98 Å². The molecule has 20 heavy (non-hydrogen) atoms. The lowest BCUT2D eigenvalue weighted by Gasteiger charge is -2.04. The van der Waals surface area contributed by atoms with Crippen molar-refractivity contribution in [3.8, 4) is 17.2 Å². The van der Waals surface area contributed by atoms with Gasteiger partial charge in [-0.15, -0.1) is 0 Å². The summed E-state index contributed by atoms with van der Waals surface area (Å²) >= 11 is 0. The van der Waals surface area contributed by atoms with Gasteiger partial charge in [0.05, 0.1) is 12.5 Å². The van der Waals surface area contributed by atoms with Crippen LogP contribution in [0.3, 0.4) is 0 Å². The third-order valence-electron chi connectivity index (χ3n) is 3.20. The van der Waals surface area contributed by atoms with Crippen LogP contribution in [-0.2, 0) is 0 Å². The zero-order chi connectivity index (χ0) is 14.1. The van der Waals surface area contributed by atoms with E-state index in [4.69, 9.17) is 9.15 Å². The summed E-state index contributed by atoms with van der Waals surface area (Å²) in [5, 5.41) is 0.532. The van der Waals surface area contributed by atoms with Gasteiger partial charge in [0.2, 0.25) is 5.89 Å². The number of nitrogens with zero attached hydrogens (tertiary/aromatic N) is 1. The summed E-state index contributed by atoms with van der Waals surface area (Å²) in [6.07, 6.45) is 0. The zero-order valence-electron chi connectivity index (χ0n) is 11.2. The molecule has 0 saturated carbocycles. The molecule has 2 aromatic carbocycles. The first kappa shape index (κ1) is 12.4. The number of hydrogen-bond acceptors (Lipinski definition) is 4. The average Bonchev–Trinajstić information content (AvgIpc) is 2.47. The summed E-state index contributed by atoms with van der Waals surface area (Å²) in [4.78, 5) is 16.1. The molecule has 0 bridgehead atoms. The van der Waals surface area contributed by atoms with Crippen molar-refractivity contribution in [1.29, 1.82) is 0 Å². The Morgan fingerprint density at radius 3 is 2.55 bits per heavy atom. The van der Waals surface area contributed by atoms with Gasteiger partial charge in [0.1, 0.15) is 11.3 Å². The van der Waals surface area contributed by atoms with Crippen LogP contribution in [0.1, 0.15) is 5.56 Å². The highest BCUT2D eigenvalue weighted by atomic mass is 16.5. The van der Waals surface area contributed by atoms with Gasteiger partial charge in [0.15, 0.2) is 0 Å². The van der Waals surface area contributed by atoms with Crippen molar-refractivity contribution in [2.24, 2.45) is 0 Å². The van der Waals surface area contributed by atoms with Crippen LogP contribution in [0.25, 0.3) is 22.4 Å². The number of rotatable bonds is 2. The lowest BCUT2D eigenvalue weighted by molar-refractivity contribution is 0.415. The van der Waals surface area contributed by atoms with Crippen LogP contribution in [0.2, 0.25) is 0 Å². The molecule has 3 rings (SSSR count). The first-order chi connectivity index (χ1) is 9.69. The van der Waals surface area contributed by atoms with Crippen LogP contribution in [-0.4, -0.2) is 12.1 Å². The van der Waals surface area contributed by atoms with Gasteiger partial charge in [0, 0.05) is 5.56 Å². The van der Waals surface area contributed by atoms with Crippen LogP contribution < -0.4 is 10.3 Å². The Morgan fingerprint density at radius 2 is 1.85 bits per heavy atom. The molecule has 4 heteroatoms. The number of hydrogen-bond donors (Lipinski definition) is 0. The molecule has 0 saturated heterocycles. The van der Waals surface area contributed by atoms with Crippen LogP contribution in [0.15, 0.2) is 51.7 Å². The third-order valence-corrected chi connectivity index (χ3v) is 3.20. The highest BCUT2D eigenvalue weighted by Gasteiger charge is 2.10. The van der Waals surface area contributed by atoms with Crippen molar-refractivity contribution in [3.63, 3.8) is 0 Å². The van der Waals surface area contributed by atoms with Crippen LogP contribution >= 0.6 is 0 Å². The molecule has 1 heterocycles. The summed E-state index contributed by atoms with van der Waals surface area (Å²) in [6, 6.07) is 12.7. The van der Waals surface area contributed by atoms with Gasteiger partial charge in [-0.1, -0.05) is 12.1 Å². The van der Waals surface area contributed by atoms with Crippen molar-refractivity contribution in [2.75, 3.05) is 7.11 Å². The topological polar surface area (TPSA) is 52.3 Å². The van der Waals surface area contributed by atoms with Gasteiger partial charge >= 0.3 is 0 Å². The first-order valence-electron chi connectivity index (χ1n) is 6.24. The molecule has 0 amide bonds. The van der Waals surface area contributed by atoms with Crippen LogP contribution in [0, 0.1) is 6.92 Å². The summed E-state index contributed by atoms with van der Waals surface area (Å²) in [5.41, 5.74) is 1.89. The standard InChI is InChI=1S/C16H13NO3/c1-10-4-3-5-13-14(10)15(18)17-16(20-13)11-6-8-12(19-2)9-7-11/h3-9H,1-2H3. The fourth-order valence-corrected chi connectivity index (χ4v) is 2.13. The average molecular weight is 267 g/mol. The molecule has 0 aliphatic rings. The van der Waals surface area contributed by atoms with Crippen molar-refractivity contribution >= 4 is 11.0 Å². The fourth-order valence-electron chi connectivity index (χ4n) is 2.13. The number of methoxy groups -OCH3 is 1. The minimum Gasteiger partial charge on any atom is -0.497 e. The first-order valence-corrected chi connectivity index (χ1v) is 6.24. The maximum atomic E-state index is 12.1. The Labute approximate surface area is 115 Å². The van der Waals surface area contributed by atoms with E-state index < -0.39 is 0 Å². The third kappa shape index (κ3) is 2.05. The van der Waals surface area contributed by atoms with Gasteiger partial charge in [-0.3, -0.25) is 4.79 Å². The van der Waals surface area contributed by atoms with Gasteiger partial charge < -0.3 is 9.15 Å². The van der Waals surface area contributed by atoms with Gasteiger partial charge in [-0.05, 0) is 42.8 Å². The Balaban J connectivity index is 2.19. The molecule has 0 spiro atoms. The normalized spacial score (nSPS) is 10.7. The summed E-state index contributed by atoms with van der Waals surface area (Å²) < 4.78 is 10.8. The summed E-state index contributed by atoms with van der Waals surface area (Å²) in [5.74, 6) is 1.06. The quantitative estimate of drug-likeness (QED) is 0.715. The number of fused-ring (bicyclic) bond motifs is 1. The summed E-state index contributed by atoms with van der Waals surface area (Å²) in [6.45, 7) is 1.87. The molecular formula is C16H13NO3. The highest BCUT2D eigenvalue weighted by Crippen LogP contribution is 2.23. The van der Waals surface area contributed by atoms with Crippen molar-refractivity contribution in [1.82, 2.24) is 4.98 Å². The Kier molecular flexibility index (Phi) is 2.99. The molecule has 0 fully saturated rings. The van der Waals surface area contributed by atoms with Crippen LogP contribution in [0.4, 0.5) is 0 Å². The van der Waals surface area contributed by atoms with E-state index in [0.29, 0.717) is 16.9 Å². The maximum absolute atomic E-state index is 12.1. The molecule has 0 atom stereocenters. The number of benzene rings is 2. The minimum atomic E-state index is -0.268. The Hall–Kier alpha value is -2.62. The SMILES string of the molecule is COc1ccc(-c2nc(=O)c3c(C)cccc3o2)cc1. The smallest absolute Gasteiger partial charge is 0.284 e. The number of aromatic nitrogens is 1. The van der Waals surface area contributed by atoms with Crippen molar-refractivity contribution in [3.05, 3.63) is 58.4 Å². The zero-order valence-corrected chi connectivity index (χ0v) is 11.2. The van der Waals surface area contributed by atoms with Crippen LogP contribution in [0.5, 0.6) is 5.75 Å².